The van der Waals surface area contributed by atoms with Gasteiger partial charge in [-0.15, -0.1) is 0 Å². The summed E-state index contributed by atoms with van der Waals surface area (Å²) in [5.74, 6) is -0.831. The third-order valence-electron chi connectivity index (χ3n) is 4.09. The molecule has 0 aromatic carbocycles. The smallest absolute Gasteiger partial charge is 0.322 e. The monoisotopic (exact) mass is 304 g/mol. The summed E-state index contributed by atoms with van der Waals surface area (Å²) in [6.45, 7) is 3.96. The molecule has 1 N–H and O–H groups in total. The van der Waals surface area contributed by atoms with E-state index in [1.807, 2.05) is 0 Å². The van der Waals surface area contributed by atoms with E-state index in [9.17, 15) is 13.2 Å². The van der Waals surface area contributed by atoms with E-state index in [1.54, 1.807) is 6.92 Å². The first-order chi connectivity index (χ1) is 9.53. The van der Waals surface area contributed by atoms with Gasteiger partial charge < -0.3 is 10.1 Å². The Bertz CT molecular complexity index is 432. The van der Waals surface area contributed by atoms with Crippen molar-refractivity contribution < 1.29 is 17.9 Å². The molecule has 2 fully saturated rings. The van der Waals surface area contributed by atoms with Gasteiger partial charge in [0.05, 0.1) is 6.61 Å². The molecule has 0 bridgehead atoms. The fourth-order valence-electron chi connectivity index (χ4n) is 3.11. The van der Waals surface area contributed by atoms with Crippen molar-refractivity contribution in [3.8, 4) is 0 Å². The Hall–Kier alpha value is -0.660. The van der Waals surface area contributed by atoms with Gasteiger partial charge in [0, 0.05) is 19.1 Å². The van der Waals surface area contributed by atoms with E-state index < -0.39 is 21.7 Å². The van der Waals surface area contributed by atoms with E-state index in [2.05, 4.69) is 5.32 Å². The van der Waals surface area contributed by atoms with Crippen molar-refractivity contribution in [1.29, 1.82) is 0 Å². The lowest BCUT2D eigenvalue weighted by Gasteiger charge is -2.34. The van der Waals surface area contributed by atoms with Crippen LogP contribution >= 0.6 is 0 Å². The van der Waals surface area contributed by atoms with Crippen molar-refractivity contribution in [3.63, 3.8) is 0 Å². The molecule has 0 amide bonds. The summed E-state index contributed by atoms with van der Waals surface area (Å²) in [4.78, 5) is 11.4. The molecule has 0 saturated carbocycles. The molecular weight excluding hydrogens is 280 g/mol. The standard InChI is InChI=1S/C13H24N2O4S/c1-2-19-13(16)10-20(17,18)15-8-4-5-11(9-15)12-6-3-7-14-12/h11-12,14H,2-10H2,1H3. The molecule has 2 atom stereocenters. The number of nitrogens with zero attached hydrogens (tertiary/aromatic N) is 1. The van der Waals surface area contributed by atoms with E-state index in [0.717, 1.165) is 32.2 Å². The van der Waals surface area contributed by atoms with E-state index in [-0.39, 0.29) is 6.61 Å². The number of hydrogen-bond donors (Lipinski definition) is 1. The van der Waals surface area contributed by atoms with Crippen LogP contribution in [0.25, 0.3) is 0 Å². The van der Waals surface area contributed by atoms with Gasteiger partial charge in [-0.25, -0.2) is 12.7 Å². The number of carbonyl (C=O) groups excluding carboxylic acids is 1. The van der Waals surface area contributed by atoms with Gasteiger partial charge in [0.25, 0.3) is 0 Å². The number of hydrogen-bond acceptors (Lipinski definition) is 5. The van der Waals surface area contributed by atoms with E-state index in [1.165, 1.54) is 4.31 Å². The molecule has 0 aliphatic carbocycles. The number of piperidine rings is 1. The van der Waals surface area contributed by atoms with E-state index >= 15 is 0 Å². The predicted octanol–water partition coefficient (Wildman–Crippen LogP) is 0.343. The highest BCUT2D eigenvalue weighted by Crippen LogP contribution is 2.26. The van der Waals surface area contributed by atoms with Crippen LogP contribution in [0.1, 0.15) is 32.6 Å². The molecule has 0 spiro atoms. The van der Waals surface area contributed by atoms with Gasteiger partial charge in [-0.05, 0) is 45.1 Å². The Morgan fingerprint density at radius 3 is 2.80 bits per heavy atom. The van der Waals surface area contributed by atoms with Crippen LogP contribution in [0.3, 0.4) is 0 Å². The number of ether oxygens (including phenoxy) is 1. The lowest BCUT2D eigenvalue weighted by atomic mass is 9.91. The van der Waals surface area contributed by atoms with Crippen LogP contribution in [0.4, 0.5) is 0 Å². The Labute approximate surface area is 120 Å². The number of sulfonamides is 1. The lowest BCUT2D eigenvalue weighted by Crippen LogP contribution is -2.47. The molecule has 0 aromatic rings. The minimum absolute atomic E-state index is 0.211. The minimum atomic E-state index is -3.54. The number of nitrogens with one attached hydrogen (secondary N) is 1. The predicted molar refractivity (Wildman–Crippen MR) is 75.7 cm³/mol. The molecular formula is C13H24N2O4S. The Balaban J connectivity index is 1.94. The Kier molecular flexibility index (Phi) is 5.40. The normalized spacial score (nSPS) is 28.4. The molecule has 2 rings (SSSR count). The number of esters is 1. The molecule has 2 heterocycles. The van der Waals surface area contributed by atoms with Crippen LogP contribution < -0.4 is 5.32 Å². The third-order valence-corrected chi connectivity index (χ3v) is 5.81. The van der Waals surface area contributed by atoms with E-state index in [0.29, 0.717) is 25.0 Å². The van der Waals surface area contributed by atoms with Crippen molar-refractivity contribution in [3.05, 3.63) is 0 Å². The third kappa shape index (κ3) is 3.93. The van der Waals surface area contributed by atoms with Crippen LogP contribution in [0, 0.1) is 5.92 Å². The summed E-state index contributed by atoms with van der Waals surface area (Å²) in [7, 11) is -3.54. The molecule has 0 radical (unpaired) electrons. The Morgan fingerprint density at radius 2 is 2.15 bits per heavy atom. The zero-order valence-electron chi connectivity index (χ0n) is 12.0. The largest absolute Gasteiger partial charge is 0.465 e. The quantitative estimate of drug-likeness (QED) is 0.742. The molecule has 2 aliphatic heterocycles. The second-order valence-electron chi connectivity index (χ2n) is 5.52. The SMILES string of the molecule is CCOC(=O)CS(=O)(=O)N1CCCC(C2CCCN2)C1. The van der Waals surface area contributed by atoms with Crippen LogP contribution in [0.2, 0.25) is 0 Å². The average Bonchev–Trinajstić information content (AvgIpc) is 2.92. The summed E-state index contributed by atoms with van der Waals surface area (Å²) in [6.07, 6.45) is 4.21. The Morgan fingerprint density at radius 1 is 1.35 bits per heavy atom. The molecule has 7 heteroatoms. The van der Waals surface area contributed by atoms with Gasteiger partial charge in [0.1, 0.15) is 0 Å². The van der Waals surface area contributed by atoms with E-state index in [4.69, 9.17) is 4.74 Å². The maximum absolute atomic E-state index is 12.2. The minimum Gasteiger partial charge on any atom is -0.465 e. The lowest BCUT2D eigenvalue weighted by molar-refractivity contribution is -0.140. The van der Waals surface area contributed by atoms with Crippen molar-refractivity contribution in [2.24, 2.45) is 5.92 Å². The van der Waals surface area contributed by atoms with Gasteiger partial charge in [-0.1, -0.05) is 0 Å². The highest BCUT2D eigenvalue weighted by atomic mass is 32.2. The first kappa shape index (κ1) is 15.7. The summed E-state index contributed by atoms with van der Waals surface area (Å²) in [5, 5.41) is 3.45. The van der Waals surface area contributed by atoms with Gasteiger partial charge in [-0.3, -0.25) is 4.79 Å². The molecule has 2 aliphatic rings. The second-order valence-corrected chi connectivity index (χ2v) is 7.49. The molecule has 0 aromatic heterocycles. The van der Waals surface area contributed by atoms with Crippen molar-refractivity contribution in [2.75, 3.05) is 32.0 Å². The fourth-order valence-corrected chi connectivity index (χ4v) is 4.50. The highest BCUT2D eigenvalue weighted by Gasteiger charge is 2.34. The van der Waals surface area contributed by atoms with Gasteiger partial charge in [0.2, 0.25) is 10.0 Å². The van der Waals surface area contributed by atoms with Crippen LogP contribution in [-0.4, -0.2) is 56.7 Å². The summed E-state index contributed by atoms with van der Waals surface area (Å²) >= 11 is 0. The highest BCUT2D eigenvalue weighted by molar-refractivity contribution is 7.89. The zero-order chi connectivity index (χ0) is 14.6. The molecule has 2 unspecified atom stereocenters. The molecule has 6 nitrogen and oxygen atoms in total. The van der Waals surface area contributed by atoms with Gasteiger partial charge in [-0.2, -0.15) is 0 Å². The maximum Gasteiger partial charge on any atom is 0.322 e. The number of rotatable bonds is 5. The molecule has 116 valence electrons. The number of carbonyl (C=O) groups is 1. The second kappa shape index (κ2) is 6.87. The van der Waals surface area contributed by atoms with Crippen LogP contribution in [-0.2, 0) is 19.6 Å². The topological polar surface area (TPSA) is 75.7 Å². The molecule has 2 saturated heterocycles. The zero-order valence-corrected chi connectivity index (χ0v) is 12.8. The maximum atomic E-state index is 12.2. The van der Waals surface area contributed by atoms with Crippen molar-refractivity contribution in [1.82, 2.24) is 9.62 Å². The van der Waals surface area contributed by atoms with Crippen LogP contribution in [0.15, 0.2) is 0 Å². The summed E-state index contributed by atoms with van der Waals surface area (Å²) in [5.41, 5.74) is 0. The van der Waals surface area contributed by atoms with Crippen LogP contribution in [0.5, 0.6) is 0 Å². The van der Waals surface area contributed by atoms with Crippen molar-refractivity contribution in [2.45, 2.75) is 38.6 Å². The summed E-state index contributed by atoms with van der Waals surface area (Å²) < 4.78 is 30.7. The fraction of sp³-hybridized carbons (Fsp3) is 0.923. The van der Waals surface area contributed by atoms with Gasteiger partial charge in [0.15, 0.2) is 5.75 Å². The average molecular weight is 304 g/mol. The first-order valence-corrected chi connectivity index (χ1v) is 9.00. The first-order valence-electron chi connectivity index (χ1n) is 7.39. The summed E-state index contributed by atoms with van der Waals surface area (Å²) in [6, 6.07) is 0.426. The van der Waals surface area contributed by atoms with Gasteiger partial charge >= 0.3 is 5.97 Å². The molecule has 20 heavy (non-hydrogen) atoms. The van der Waals surface area contributed by atoms with Crippen molar-refractivity contribution >= 4 is 16.0 Å².